The fourth-order valence-corrected chi connectivity index (χ4v) is 5.38. The standard InChI is InChI=1S/C24H33Cl2N3O2/c1-17-6-3-4-9-22(17)28(2)18-12-14-29(15-13-18)24(31)16-27-23(30)11-10-19-20(25)7-5-8-21(19)26/h5,7-8,10-11,17-18,22H,3-4,6,9,12-16H2,1-2H3,(H,27,30)/b11-10+/t17-,22+/m1/s1. The van der Waals surface area contributed by atoms with Crippen LogP contribution in [0.25, 0.3) is 6.08 Å². The quantitative estimate of drug-likeness (QED) is 0.623. The Bertz CT molecular complexity index is 786. The van der Waals surface area contributed by atoms with E-state index in [1.165, 1.54) is 31.8 Å². The van der Waals surface area contributed by atoms with Crippen LogP contribution in [0.5, 0.6) is 0 Å². The molecule has 1 aliphatic heterocycles. The number of amides is 2. The first-order valence-corrected chi connectivity index (χ1v) is 12.0. The van der Waals surface area contributed by atoms with Crippen molar-refractivity contribution in [3.05, 3.63) is 39.9 Å². The summed E-state index contributed by atoms with van der Waals surface area (Å²) in [5.41, 5.74) is 0.589. The normalized spacial score (nSPS) is 22.8. The number of likely N-dealkylation sites (tertiary alicyclic amines) is 1. The summed E-state index contributed by atoms with van der Waals surface area (Å²) in [4.78, 5) is 29.1. The van der Waals surface area contributed by atoms with Crippen molar-refractivity contribution < 1.29 is 9.59 Å². The molecule has 1 N–H and O–H groups in total. The van der Waals surface area contributed by atoms with Crippen molar-refractivity contribution in [3.63, 3.8) is 0 Å². The molecular formula is C24H33Cl2N3O2. The van der Waals surface area contributed by atoms with Crippen molar-refractivity contribution in [2.24, 2.45) is 5.92 Å². The third-order valence-electron chi connectivity index (χ3n) is 6.80. The van der Waals surface area contributed by atoms with E-state index < -0.39 is 0 Å². The second-order valence-electron chi connectivity index (χ2n) is 8.79. The lowest BCUT2D eigenvalue weighted by atomic mass is 9.84. The van der Waals surface area contributed by atoms with E-state index in [2.05, 4.69) is 24.2 Å². The molecule has 1 aliphatic carbocycles. The first-order valence-electron chi connectivity index (χ1n) is 11.3. The van der Waals surface area contributed by atoms with Crippen molar-refractivity contribution in [3.8, 4) is 0 Å². The van der Waals surface area contributed by atoms with E-state index in [0.29, 0.717) is 27.7 Å². The number of hydrogen-bond donors (Lipinski definition) is 1. The van der Waals surface area contributed by atoms with E-state index >= 15 is 0 Å². The number of carbonyl (C=O) groups is 2. The maximum atomic E-state index is 12.5. The molecule has 2 atom stereocenters. The summed E-state index contributed by atoms with van der Waals surface area (Å²) >= 11 is 12.2. The molecule has 1 heterocycles. The average molecular weight is 466 g/mol. The molecule has 0 radical (unpaired) electrons. The summed E-state index contributed by atoms with van der Waals surface area (Å²) in [5, 5.41) is 3.62. The number of benzene rings is 1. The minimum absolute atomic E-state index is 0.000404. The van der Waals surface area contributed by atoms with Crippen LogP contribution in [0.2, 0.25) is 10.0 Å². The van der Waals surface area contributed by atoms with Crippen molar-refractivity contribution in [1.82, 2.24) is 15.1 Å². The minimum atomic E-state index is -0.342. The van der Waals surface area contributed by atoms with Crippen molar-refractivity contribution in [2.45, 2.75) is 57.5 Å². The number of nitrogens with zero attached hydrogens (tertiary/aromatic N) is 2. The van der Waals surface area contributed by atoms with E-state index in [1.54, 1.807) is 24.3 Å². The Hall–Kier alpha value is -1.56. The molecule has 1 saturated carbocycles. The highest BCUT2D eigenvalue weighted by atomic mass is 35.5. The number of piperidine rings is 1. The summed E-state index contributed by atoms with van der Waals surface area (Å²) < 4.78 is 0. The van der Waals surface area contributed by atoms with Crippen LogP contribution in [0.3, 0.4) is 0 Å². The summed E-state index contributed by atoms with van der Waals surface area (Å²) in [5.74, 6) is 0.372. The molecule has 0 aromatic heterocycles. The van der Waals surface area contributed by atoms with Gasteiger partial charge in [0.05, 0.1) is 6.54 Å². The van der Waals surface area contributed by atoms with Gasteiger partial charge in [-0.25, -0.2) is 0 Å². The molecule has 2 amide bonds. The predicted octanol–water partition coefficient (Wildman–Crippen LogP) is 4.62. The van der Waals surface area contributed by atoms with Gasteiger partial charge in [0.2, 0.25) is 11.8 Å². The molecule has 3 rings (SSSR count). The predicted molar refractivity (Wildman–Crippen MR) is 127 cm³/mol. The first kappa shape index (κ1) is 24.1. The Kier molecular flexibility index (Phi) is 8.82. The van der Waals surface area contributed by atoms with Gasteiger partial charge in [-0.1, -0.05) is 49.0 Å². The largest absolute Gasteiger partial charge is 0.343 e. The monoisotopic (exact) mass is 465 g/mol. The third kappa shape index (κ3) is 6.47. The smallest absolute Gasteiger partial charge is 0.244 e. The van der Waals surface area contributed by atoms with E-state index in [-0.39, 0.29) is 18.4 Å². The Morgan fingerprint density at radius 2 is 1.77 bits per heavy atom. The lowest BCUT2D eigenvalue weighted by Gasteiger charge is -2.44. The van der Waals surface area contributed by atoms with Gasteiger partial charge >= 0.3 is 0 Å². The van der Waals surface area contributed by atoms with E-state index in [0.717, 1.165) is 31.8 Å². The fourth-order valence-electron chi connectivity index (χ4n) is 4.86. The highest BCUT2D eigenvalue weighted by Crippen LogP contribution is 2.30. The minimum Gasteiger partial charge on any atom is -0.343 e. The van der Waals surface area contributed by atoms with Crippen LogP contribution < -0.4 is 5.32 Å². The second kappa shape index (κ2) is 11.3. The number of halogens is 2. The van der Waals surface area contributed by atoms with Crippen LogP contribution in [0.1, 0.15) is 51.0 Å². The van der Waals surface area contributed by atoms with Gasteiger partial charge in [-0.15, -0.1) is 0 Å². The lowest BCUT2D eigenvalue weighted by Crippen LogP contribution is -2.51. The molecule has 31 heavy (non-hydrogen) atoms. The van der Waals surface area contributed by atoms with Gasteiger partial charge in [0.1, 0.15) is 0 Å². The van der Waals surface area contributed by atoms with Crippen molar-refractivity contribution in [2.75, 3.05) is 26.7 Å². The van der Waals surface area contributed by atoms with Crippen molar-refractivity contribution in [1.29, 1.82) is 0 Å². The molecule has 1 aromatic rings. The van der Waals surface area contributed by atoms with E-state index in [1.807, 2.05) is 4.90 Å². The molecule has 0 unspecified atom stereocenters. The zero-order valence-corrected chi connectivity index (χ0v) is 20.0. The maximum absolute atomic E-state index is 12.5. The summed E-state index contributed by atoms with van der Waals surface area (Å²) in [7, 11) is 2.26. The van der Waals surface area contributed by atoms with Crippen LogP contribution in [0.15, 0.2) is 24.3 Å². The van der Waals surface area contributed by atoms with E-state index in [4.69, 9.17) is 23.2 Å². The molecule has 0 bridgehead atoms. The zero-order valence-electron chi connectivity index (χ0n) is 18.4. The SMILES string of the molecule is C[C@@H]1CCCC[C@@H]1N(C)C1CCN(C(=O)CNC(=O)/C=C/c2c(Cl)cccc2Cl)CC1. The molecule has 7 heteroatoms. The fraction of sp³-hybridized carbons (Fsp3) is 0.583. The van der Waals surface area contributed by atoms with Gasteiger partial charge in [-0.2, -0.15) is 0 Å². The number of nitrogens with one attached hydrogen (secondary N) is 1. The van der Waals surface area contributed by atoms with Crippen LogP contribution in [0, 0.1) is 5.92 Å². The van der Waals surface area contributed by atoms with Crippen molar-refractivity contribution >= 4 is 41.1 Å². The molecule has 170 valence electrons. The summed E-state index contributed by atoms with van der Waals surface area (Å²) in [6.07, 6.45) is 10.2. The molecule has 2 fully saturated rings. The highest BCUT2D eigenvalue weighted by molar-refractivity contribution is 6.37. The molecule has 5 nitrogen and oxygen atoms in total. The zero-order chi connectivity index (χ0) is 22.4. The Morgan fingerprint density at radius 3 is 2.42 bits per heavy atom. The lowest BCUT2D eigenvalue weighted by molar-refractivity contribution is -0.133. The Morgan fingerprint density at radius 1 is 1.13 bits per heavy atom. The second-order valence-corrected chi connectivity index (χ2v) is 9.61. The molecule has 2 aliphatic rings. The Balaban J connectivity index is 1.42. The molecule has 0 spiro atoms. The molecular weight excluding hydrogens is 433 g/mol. The average Bonchev–Trinajstić information content (AvgIpc) is 2.77. The topological polar surface area (TPSA) is 52.6 Å². The number of rotatable bonds is 6. The maximum Gasteiger partial charge on any atom is 0.244 e. The van der Waals surface area contributed by atoms with Crippen LogP contribution in [-0.4, -0.2) is 60.4 Å². The number of hydrogen-bond acceptors (Lipinski definition) is 3. The van der Waals surface area contributed by atoms with Gasteiger partial charge in [0.15, 0.2) is 0 Å². The highest BCUT2D eigenvalue weighted by Gasteiger charge is 2.32. The van der Waals surface area contributed by atoms with Crippen LogP contribution >= 0.6 is 23.2 Å². The van der Waals surface area contributed by atoms with Gasteiger partial charge in [-0.3, -0.25) is 9.59 Å². The first-order chi connectivity index (χ1) is 14.9. The Labute approximate surface area is 195 Å². The van der Waals surface area contributed by atoms with Gasteiger partial charge in [-0.05, 0) is 56.9 Å². The summed E-state index contributed by atoms with van der Waals surface area (Å²) in [6, 6.07) is 6.37. The summed E-state index contributed by atoms with van der Waals surface area (Å²) in [6.45, 7) is 3.86. The van der Waals surface area contributed by atoms with Gasteiger partial charge < -0.3 is 15.1 Å². The van der Waals surface area contributed by atoms with Gasteiger partial charge in [0, 0.05) is 46.9 Å². The van der Waals surface area contributed by atoms with Crippen LogP contribution in [0.4, 0.5) is 0 Å². The molecule has 1 saturated heterocycles. The van der Waals surface area contributed by atoms with Crippen LogP contribution in [-0.2, 0) is 9.59 Å². The third-order valence-corrected chi connectivity index (χ3v) is 7.46. The molecule has 1 aromatic carbocycles. The number of carbonyl (C=O) groups excluding carboxylic acids is 2. The van der Waals surface area contributed by atoms with Gasteiger partial charge in [0.25, 0.3) is 0 Å². The van der Waals surface area contributed by atoms with E-state index in [9.17, 15) is 9.59 Å².